The predicted octanol–water partition coefficient (Wildman–Crippen LogP) is 2.43. The third-order valence-electron chi connectivity index (χ3n) is 3.71. The van der Waals surface area contributed by atoms with Gasteiger partial charge in [0.2, 0.25) is 10.0 Å². The number of carbonyl (C=O) groups excluding carboxylic acids is 1. The van der Waals surface area contributed by atoms with E-state index in [4.69, 9.17) is 5.26 Å². The number of sulfonamides is 1. The Labute approximate surface area is 156 Å². The summed E-state index contributed by atoms with van der Waals surface area (Å²) in [5.74, 6) is -1.90. The maximum Gasteiger partial charge on any atom is 0.253 e. The van der Waals surface area contributed by atoms with Gasteiger partial charge < -0.3 is 4.90 Å². The van der Waals surface area contributed by atoms with Crippen molar-refractivity contribution in [2.24, 2.45) is 0 Å². The monoisotopic (exact) mass is 393 g/mol. The zero-order chi connectivity index (χ0) is 20.0. The molecule has 2 aromatic rings. The molecule has 0 saturated carbocycles. The predicted molar refractivity (Wildman–Crippen MR) is 94.0 cm³/mol. The van der Waals surface area contributed by atoms with Crippen molar-refractivity contribution in [2.45, 2.75) is 17.9 Å². The lowest BCUT2D eigenvalue weighted by Gasteiger charge is -2.18. The van der Waals surface area contributed by atoms with Crippen molar-refractivity contribution in [3.8, 4) is 6.07 Å². The molecule has 27 heavy (non-hydrogen) atoms. The minimum Gasteiger partial charge on any atom is -0.337 e. The van der Waals surface area contributed by atoms with Crippen LogP contribution in [0.2, 0.25) is 0 Å². The molecule has 0 aliphatic heterocycles. The van der Waals surface area contributed by atoms with Crippen molar-refractivity contribution in [3.63, 3.8) is 0 Å². The molecule has 0 aliphatic carbocycles. The van der Waals surface area contributed by atoms with Crippen LogP contribution in [0.15, 0.2) is 47.4 Å². The first-order chi connectivity index (χ1) is 12.7. The molecule has 6 nitrogen and oxygen atoms in total. The van der Waals surface area contributed by atoms with Gasteiger partial charge in [0.1, 0.15) is 11.6 Å². The molecule has 1 amide bonds. The van der Waals surface area contributed by atoms with Crippen LogP contribution >= 0.6 is 0 Å². The number of nitrogens with zero attached hydrogens (tertiary/aromatic N) is 2. The fraction of sp³-hybridized carbons (Fsp3) is 0.222. The molecular formula is C18H17F2N3O3S. The van der Waals surface area contributed by atoms with E-state index >= 15 is 0 Å². The Hall–Kier alpha value is -2.83. The number of carbonyl (C=O) groups is 1. The van der Waals surface area contributed by atoms with Gasteiger partial charge in [-0.25, -0.2) is 21.9 Å². The highest BCUT2D eigenvalue weighted by atomic mass is 32.2. The van der Waals surface area contributed by atoms with Gasteiger partial charge in [0.15, 0.2) is 0 Å². The molecular weight excluding hydrogens is 376 g/mol. The molecule has 0 radical (unpaired) electrons. The van der Waals surface area contributed by atoms with Gasteiger partial charge in [0.05, 0.1) is 11.0 Å². The minimum atomic E-state index is -3.76. The lowest BCUT2D eigenvalue weighted by molar-refractivity contribution is 0.0783. The van der Waals surface area contributed by atoms with E-state index in [0.29, 0.717) is 0 Å². The quantitative estimate of drug-likeness (QED) is 0.732. The molecule has 0 aromatic heterocycles. The van der Waals surface area contributed by atoms with Gasteiger partial charge in [-0.1, -0.05) is 6.07 Å². The first-order valence-electron chi connectivity index (χ1n) is 7.90. The van der Waals surface area contributed by atoms with E-state index in [-0.39, 0.29) is 35.5 Å². The Bertz CT molecular complexity index is 970. The third-order valence-corrected chi connectivity index (χ3v) is 5.19. The molecule has 9 heteroatoms. The van der Waals surface area contributed by atoms with Gasteiger partial charge in [0, 0.05) is 43.8 Å². The lowest BCUT2D eigenvalue weighted by Crippen LogP contribution is -2.27. The highest BCUT2D eigenvalue weighted by Gasteiger charge is 2.17. The summed E-state index contributed by atoms with van der Waals surface area (Å²) >= 11 is 0. The van der Waals surface area contributed by atoms with Crippen molar-refractivity contribution >= 4 is 15.9 Å². The summed E-state index contributed by atoms with van der Waals surface area (Å²) < 4.78 is 53.0. The van der Waals surface area contributed by atoms with Gasteiger partial charge in [-0.3, -0.25) is 4.79 Å². The average molecular weight is 393 g/mol. The summed E-state index contributed by atoms with van der Waals surface area (Å²) in [6.45, 7) is -0.0772. The topological polar surface area (TPSA) is 90.3 Å². The van der Waals surface area contributed by atoms with E-state index in [1.165, 1.54) is 42.3 Å². The SMILES string of the molecule is CN(Cc1ccc(F)cc1F)C(=O)c1ccc(S(=O)(=O)NCCC#N)cc1. The van der Waals surface area contributed by atoms with Crippen LogP contribution in [0, 0.1) is 23.0 Å². The number of nitriles is 1. The van der Waals surface area contributed by atoms with Crippen molar-refractivity contribution in [2.75, 3.05) is 13.6 Å². The molecule has 0 bridgehead atoms. The average Bonchev–Trinajstić information content (AvgIpc) is 2.63. The van der Waals surface area contributed by atoms with E-state index in [1.54, 1.807) is 0 Å². The zero-order valence-electron chi connectivity index (χ0n) is 14.4. The van der Waals surface area contributed by atoms with Gasteiger partial charge in [-0.2, -0.15) is 5.26 Å². The number of hydrogen-bond acceptors (Lipinski definition) is 4. The molecule has 2 aromatic carbocycles. The van der Waals surface area contributed by atoms with Crippen molar-refractivity contribution in [1.82, 2.24) is 9.62 Å². The molecule has 0 spiro atoms. The first kappa shape index (κ1) is 20.5. The minimum absolute atomic E-state index is 0.00845. The fourth-order valence-electron chi connectivity index (χ4n) is 2.30. The zero-order valence-corrected chi connectivity index (χ0v) is 15.3. The summed E-state index contributed by atoms with van der Waals surface area (Å²) in [5, 5.41) is 8.45. The van der Waals surface area contributed by atoms with Gasteiger partial charge in [-0.15, -0.1) is 0 Å². The summed E-state index contributed by atoms with van der Waals surface area (Å²) in [6.07, 6.45) is 0.0422. The molecule has 1 N–H and O–H groups in total. The van der Waals surface area contributed by atoms with Gasteiger partial charge >= 0.3 is 0 Å². The van der Waals surface area contributed by atoms with Crippen LogP contribution in [-0.2, 0) is 16.6 Å². The molecule has 142 valence electrons. The molecule has 0 unspecified atom stereocenters. The number of rotatable bonds is 7. The Morgan fingerprint density at radius 3 is 2.44 bits per heavy atom. The third kappa shape index (κ3) is 5.32. The van der Waals surface area contributed by atoms with Crippen LogP contribution in [0.3, 0.4) is 0 Å². The Morgan fingerprint density at radius 1 is 1.19 bits per heavy atom. The van der Waals surface area contributed by atoms with Crippen molar-refractivity contribution in [1.29, 1.82) is 5.26 Å². The lowest BCUT2D eigenvalue weighted by atomic mass is 10.1. The van der Waals surface area contributed by atoms with Crippen LogP contribution < -0.4 is 4.72 Å². The largest absolute Gasteiger partial charge is 0.337 e. The fourth-order valence-corrected chi connectivity index (χ4v) is 3.33. The normalized spacial score (nSPS) is 11.0. The van der Waals surface area contributed by atoms with E-state index in [1.807, 2.05) is 6.07 Å². The van der Waals surface area contributed by atoms with E-state index in [2.05, 4.69) is 4.72 Å². The number of hydrogen-bond donors (Lipinski definition) is 1. The molecule has 0 heterocycles. The molecule has 0 atom stereocenters. The van der Waals surface area contributed by atoms with Gasteiger partial charge in [0.25, 0.3) is 5.91 Å². The first-order valence-corrected chi connectivity index (χ1v) is 9.39. The number of halogens is 2. The van der Waals surface area contributed by atoms with E-state index < -0.39 is 27.6 Å². The molecule has 0 fully saturated rings. The molecule has 0 aliphatic rings. The second-order valence-electron chi connectivity index (χ2n) is 5.73. The Kier molecular flexibility index (Phi) is 6.60. The summed E-state index contributed by atoms with van der Waals surface area (Å²) in [7, 11) is -2.31. The van der Waals surface area contributed by atoms with E-state index in [9.17, 15) is 22.0 Å². The highest BCUT2D eigenvalue weighted by molar-refractivity contribution is 7.89. The number of amides is 1. The van der Waals surface area contributed by atoms with Crippen molar-refractivity contribution < 1.29 is 22.0 Å². The van der Waals surface area contributed by atoms with Crippen LogP contribution in [0.25, 0.3) is 0 Å². The standard InChI is InChI=1S/C18H17F2N3O3S/c1-23(12-14-3-6-15(19)11-17(14)20)18(24)13-4-7-16(8-5-13)27(25,26)22-10-2-9-21/h3-8,11,22H,2,10,12H2,1H3. The highest BCUT2D eigenvalue weighted by Crippen LogP contribution is 2.15. The molecule has 0 saturated heterocycles. The Balaban J connectivity index is 2.09. The van der Waals surface area contributed by atoms with Crippen LogP contribution in [-0.4, -0.2) is 32.8 Å². The smallest absolute Gasteiger partial charge is 0.253 e. The number of nitrogens with one attached hydrogen (secondary N) is 1. The second kappa shape index (κ2) is 8.70. The van der Waals surface area contributed by atoms with Crippen molar-refractivity contribution in [3.05, 3.63) is 65.2 Å². The van der Waals surface area contributed by atoms with Gasteiger partial charge in [-0.05, 0) is 30.3 Å². The van der Waals surface area contributed by atoms with Crippen LogP contribution in [0.5, 0.6) is 0 Å². The summed E-state index contributed by atoms with van der Waals surface area (Å²) in [6, 6.07) is 10.2. The number of benzene rings is 2. The van der Waals surface area contributed by atoms with Crippen LogP contribution in [0.4, 0.5) is 8.78 Å². The maximum absolute atomic E-state index is 13.7. The maximum atomic E-state index is 13.7. The van der Waals surface area contributed by atoms with Crippen LogP contribution in [0.1, 0.15) is 22.3 Å². The van der Waals surface area contributed by atoms with E-state index in [0.717, 1.165) is 12.1 Å². The Morgan fingerprint density at radius 2 is 1.85 bits per heavy atom. The summed E-state index contributed by atoms with van der Waals surface area (Å²) in [5.41, 5.74) is 0.379. The summed E-state index contributed by atoms with van der Waals surface area (Å²) in [4.78, 5) is 13.6. The molecule has 2 rings (SSSR count). The second-order valence-corrected chi connectivity index (χ2v) is 7.49.